The highest BCUT2D eigenvalue weighted by Crippen LogP contribution is 2.46. The molecule has 1 atom stereocenters. The number of aromatic nitrogens is 1. The van der Waals surface area contributed by atoms with Crippen LogP contribution in [0.3, 0.4) is 0 Å². The molecule has 0 radical (unpaired) electrons. The van der Waals surface area contributed by atoms with Crippen LogP contribution < -0.4 is 9.64 Å². The average Bonchev–Trinajstić information content (AvgIpc) is 3.36. The van der Waals surface area contributed by atoms with Gasteiger partial charge in [-0.05, 0) is 24.3 Å². The van der Waals surface area contributed by atoms with E-state index in [4.69, 9.17) is 4.74 Å². The SMILES string of the molecule is COc1ccccc1C1/C(=C(\O)c2ccccc2)C(=O)C(=O)N1c1nc2ccc(F)cc2s1. The number of fused-ring (bicyclic) bond motifs is 1. The van der Waals surface area contributed by atoms with Crippen molar-refractivity contribution in [2.75, 3.05) is 12.0 Å². The number of anilines is 1. The Morgan fingerprint density at radius 1 is 1.06 bits per heavy atom. The van der Waals surface area contributed by atoms with E-state index in [9.17, 15) is 19.1 Å². The van der Waals surface area contributed by atoms with E-state index in [1.54, 1.807) is 54.6 Å². The van der Waals surface area contributed by atoms with Crippen LogP contribution in [0, 0.1) is 5.82 Å². The summed E-state index contributed by atoms with van der Waals surface area (Å²) in [6, 6.07) is 18.7. The number of ketones is 1. The molecule has 1 fully saturated rings. The number of thiazole rings is 1. The van der Waals surface area contributed by atoms with Crippen LogP contribution in [0.25, 0.3) is 16.0 Å². The fourth-order valence-corrected chi connectivity index (χ4v) is 4.97. The zero-order chi connectivity index (χ0) is 23.1. The summed E-state index contributed by atoms with van der Waals surface area (Å²) in [6.07, 6.45) is 0. The van der Waals surface area contributed by atoms with E-state index >= 15 is 0 Å². The van der Waals surface area contributed by atoms with Crippen molar-refractivity contribution in [3.05, 3.63) is 95.3 Å². The predicted molar refractivity (Wildman–Crippen MR) is 124 cm³/mol. The number of nitrogens with zero attached hydrogens (tertiary/aromatic N) is 2. The predicted octanol–water partition coefficient (Wildman–Crippen LogP) is 5.07. The van der Waals surface area contributed by atoms with Crippen molar-refractivity contribution < 1.29 is 23.8 Å². The lowest BCUT2D eigenvalue weighted by Crippen LogP contribution is -2.29. The van der Waals surface area contributed by atoms with Gasteiger partial charge in [-0.1, -0.05) is 59.9 Å². The van der Waals surface area contributed by atoms with Gasteiger partial charge in [-0.2, -0.15) is 0 Å². The van der Waals surface area contributed by atoms with Crippen molar-refractivity contribution in [3.8, 4) is 5.75 Å². The van der Waals surface area contributed by atoms with E-state index in [0.717, 1.165) is 11.3 Å². The number of halogens is 1. The Labute approximate surface area is 192 Å². The molecular formula is C25H17FN2O4S. The molecule has 8 heteroatoms. The van der Waals surface area contributed by atoms with E-state index in [0.29, 0.717) is 27.1 Å². The highest BCUT2D eigenvalue weighted by Gasteiger charge is 2.49. The number of para-hydroxylation sites is 1. The number of hydrogen-bond donors (Lipinski definition) is 1. The molecule has 1 aliphatic heterocycles. The molecule has 33 heavy (non-hydrogen) atoms. The fraction of sp³-hybridized carbons (Fsp3) is 0.0800. The van der Waals surface area contributed by atoms with Crippen LogP contribution in [-0.4, -0.2) is 28.9 Å². The average molecular weight is 460 g/mol. The first-order valence-electron chi connectivity index (χ1n) is 10.0. The van der Waals surface area contributed by atoms with Gasteiger partial charge in [0.2, 0.25) is 0 Å². The smallest absolute Gasteiger partial charge is 0.301 e. The second-order valence-corrected chi connectivity index (χ2v) is 8.39. The summed E-state index contributed by atoms with van der Waals surface area (Å²) in [5.74, 6) is -1.94. The Morgan fingerprint density at radius 3 is 2.55 bits per heavy atom. The van der Waals surface area contributed by atoms with E-state index in [2.05, 4.69) is 4.98 Å². The van der Waals surface area contributed by atoms with E-state index in [-0.39, 0.29) is 16.5 Å². The van der Waals surface area contributed by atoms with Gasteiger partial charge in [-0.25, -0.2) is 9.37 Å². The van der Waals surface area contributed by atoms with Gasteiger partial charge in [0.15, 0.2) is 5.13 Å². The summed E-state index contributed by atoms with van der Waals surface area (Å²) in [5, 5.41) is 11.3. The summed E-state index contributed by atoms with van der Waals surface area (Å²) >= 11 is 1.09. The number of benzene rings is 3. The number of ether oxygens (including phenoxy) is 1. The monoisotopic (exact) mass is 460 g/mol. The first-order chi connectivity index (χ1) is 16.0. The third kappa shape index (κ3) is 3.44. The lowest BCUT2D eigenvalue weighted by molar-refractivity contribution is -0.132. The molecule has 3 aromatic carbocycles. The molecule has 1 aromatic heterocycles. The molecule has 4 aromatic rings. The van der Waals surface area contributed by atoms with Crippen molar-refractivity contribution in [1.82, 2.24) is 4.98 Å². The van der Waals surface area contributed by atoms with Gasteiger partial charge in [0.1, 0.15) is 23.4 Å². The number of aliphatic hydroxyl groups is 1. The van der Waals surface area contributed by atoms with Gasteiger partial charge in [0.25, 0.3) is 5.78 Å². The number of hydrogen-bond acceptors (Lipinski definition) is 6. The van der Waals surface area contributed by atoms with Gasteiger partial charge < -0.3 is 9.84 Å². The minimum atomic E-state index is -0.980. The molecule has 1 aliphatic rings. The minimum Gasteiger partial charge on any atom is -0.507 e. The van der Waals surface area contributed by atoms with Crippen molar-refractivity contribution >= 4 is 44.1 Å². The third-order valence-electron chi connectivity index (χ3n) is 5.47. The van der Waals surface area contributed by atoms with Crippen LogP contribution in [0.5, 0.6) is 5.75 Å². The maximum atomic E-state index is 13.7. The van der Waals surface area contributed by atoms with Crippen LogP contribution in [0.4, 0.5) is 9.52 Å². The van der Waals surface area contributed by atoms with Crippen LogP contribution in [0.1, 0.15) is 17.2 Å². The Morgan fingerprint density at radius 2 is 1.79 bits per heavy atom. The topological polar surface area (TPSA) is 79.7 Å². The molecule has 5 rings (SSSR count). The molecule has 164 valence electrons. The summed E-state index contributed by atoms with van der Waals surface area (Å²) in [5.41, 5.74) is 1.35. The molecule has 0 bridgehead atoms. The normalized spacial score (nSPS) is 17.6. The van der Waals surface area contributed by atoms with Gasteiger partial charge in [0.05, 0.1) is 22.9 Å². The van der Waals surface area contributed by atoms with Crippen molar-refractivity contribution in [2.45, 2.75) is 6.04 Å². The molecule has 0 saturated carbocycles. The van der Waals surface area contributed by atoms with Crippen molar-refractivity contribution in [1.29, 1.82) is 0 Å². The number of carbonyl (C=O) groups excluding carboxylic acids is 2. The van der Waals surface area contributed by atoms with Crippen molar-refractivity contribution in [2.24, 2.45) is 0 Å². The maximum Gasteiger partial charge on any atom is 0.301 e. The minimum absolute atomic E-state index is 0.0684. The molecular weight excluding hydrogens is 443 g/mol. The first kappa shape index (κ1) is 20.8. The van der Waals surface area contributed by atoms with E-state index < -0.39 is 23.5 Å². The number of aliphatic hydroxyl groups excluding tert-OH is 1. The maximum absolute atomic E-state index is 13.7. The third-order valence-corrected chi connectivity index (χ3v) is 6.49. The standard InChI is InChI=1S/C25H17FN2O4S/c1-32-18-10-6-5-9-16(18)21-20(22(29)14-7-3-2-4-8-14)23(30)24(31)28(21)25-27-17-12-11-15(26)13-19(17)33-25/h2-13,21,29H,1H3/b22-20+. The lowest BCUT2D eigenvalue weighted by atomic mass is 9.95. The number of carbonyl (C=O) groups is 2. The van der Waals surface area contributed by atoms with Gasteiger partial charge in [-0.15, -0.1) is 0 Å². The Bertz CT molecular complexity index is 1430. The Kier molecular flexibility index (Phi) is 5.14. The quantitative estimate of drug-likeness (QED) is 0.261. The second kappa shape index (κ2) is 8.14. The van der Waals surface area contributed by atoms with Crippen molar-refractivity contribution in [3.63, 3.8) is 0 Å². The Hall–Kier alpha value is -4.04. The summed E-state index contributed by atoms with van der Waals surface area (Å²) < 4.78 is 19.8. The number of amides is 1. The first-order valence-corrected chi connectivity index (χ1v) is 10.9. The summed E-state index contributed by atoms with van der Waals surface area (Å²) in [6.45, 7) is 0. The van der Waals surface area contributed by atoms with Gasteiger partial charge in [-0.3, -0.25) is 14.5 Å². The van der Waals surface area contributed by atoms with Crippen LogP contribution in [-0.2, 0) is 9.59 Å². The molecule has 0 aliphatic carbocycles. The molecule has 1 unspecified atom stereocenters. The zero-order valence-corrected chi connectivity index (χ0v) is 18.2. The molecule has 1 saturated heterocycles. The Balaban J connectivity index is 1.77. The summed E-state index contributed by atoms with van der Waals surface area (Å²) in [7, 11) is 1.49. The lowest BCUT2D eigenvalue weighted by Gasteiger charge is -2.24. The largest absolute Gasteiger partial charge is 0.507 e. The van der Waals surface area contributed by atoms with Gasteiger partial charge in [0, 0.05) is 11.1 Å². The summed E-state index contributed by atoms with van der Waals surface area (Å²) in [4.78, 5) is 32.2. The molecule has 1 N–H and O–H groups in total. The number of methoxy groups -OCH3 is 1. The highest BCUT2D eigenvalue weighted by molar-refractivity contribution is 7.22. The number of Topliss-reactive ketones (excluding diaryl/α,β-unsaturated/α-hetero) is 1. The van der Waals surface area contributed by atoms with Crippen LogP contribution >= 0.6 is 11.3 Å². The van der Waals surface area contributed by atoms with Crippen LogP contribution in [0.15, 0.2) is 78.4 Å². The number of rotatable bonds is 4. The highest BCUT2D eigenvalue weighted by atomic mass is 32.1. The molecule has 2 heterocycles. The second-order valence-electron chi connectivity index (χ2n) is 7.39. The molecule has 6 nitrogen and oxygen atoms in total. The van der Waals surface area contributed by atoms with E-state index in [1.165, 1.54) is 30.2 Å². The van der Waals surface area contributed by atoms with E-state index in [1.807, 2.05) is 0 Å². The van der Waals surface area contributed by atoms with Gasteiger partial charge >= 0.3 is 5.91 Å². The molecule has 1 amide bonds. The van der Waals surface area contributed by atoms with Crippen LogP contribution in [0.2, 0.25) is 0 Å². The fourth-order valence-electron chi connectivity index (χ4n) is 3.96. The molecule has 0 spiro atoms. The zero-order valence-electron chi connectivity index (χ0n) is 17.4.